The van der Waals surface area contributed by atoms with Gasteiger partial charge in [-0.25, -0.2) is 8.42 Å². The van der Waals surface area contributed by atoms with Crippen molar-refractivity contribution in [3.8, 4) is 0 Å². The van der Waals surface area contributed by atoms with Gasteiger partial charge in [-0.05, 0) is 36.8 Å². The van der Waals surface area contributed by atoms with Crippen LogP contribution >= 0.6 is 0 Å². The minimum atomic E-state index is -3.69. The van der Waals surface area contributed by atoms with Gasteiger partial charge >= 0.3 is 0 Å². The number of amides is 2. The van der Waals surface area contributed by atoms with E-state index >= 15 is 0 Å². The SMILES string of the molecule is CC(C)C[C@H](NC(=O)[C@@H]1CCCCN1S(=O)(=O)Cc1ccccc1)C(=O)NCc1ccnn1C. The molecule has 1 aliphatic rings. The van der Waals surface area contributed by atoms with Gasteiger partial charge in [0.15, 0.2) is 0 Å². The van der Waals surface area contributed by atoms with Crippen LogP contribution in [-0.4, -0.2) is 52.9 Å². The molecule has 0 radical (unpaired) electrons. The number of aromatic nitrogens is 2. The van der Waals surface area contributed by atoms with E-state index in [2.05, 4.69) is 15.7 Å². The molecule has 9 nitrogen and oxygen atoms in total. The van der Waals surface area contributed by atoms with Gasteiger partial charge in [-0.15, -0.1) is 0 Å². The molecule has 0 spiro atoms. The van der Waals surface area contributed by atoms with Crippen LogP contribution in [0.1, 0.15) is 50.8 Å². The van der Waals surface area contributed by atoms with Crippen LogP contribution in [-0.2, 0) is 39.0 Å². The maximum absolute atomic E-state index is 13.3. The average molecular weight is 490 g/mol. The van der Waals surface area contributed by atoms with Crippen LogP contribution in [0.2, 0.25) is 0 Å². The highest BCUT2D eigenvalue weighted by molar-refractivity contribution is 7.88. The van der Waals surface area contributed by atoms with Crippen molar-refractivity contribution in [2.45, 2.75) is 63.9 Å². The molecule has 0 unspecified atom stereocenters. The average Bonchev–Trinajstić information content (AvgIpc) is 3.21. The number of carbonyl (C=O) groups excluding carboxylic acids is 2. The van der Waals surface area contributed by atoms with Gasteiger partial charge in [0.2, 0.25) is 21.8 Å². The molecular weight excluding hydrogens is 454 g/mol. The van der Waals surface area contributed by atoms with Crippen LogP contribution in [0.3, 0.4) is 0 Å². The Bertz CT molecular complexity index is 1070. The maximum atomic E-state index is 13.3. The maximum Gasteiger partial charge on any atom is 0.242 e. The number of rotatable bonds is 10. The fourth-order valence-electron chi connectivity index (χ4n) is 4.21. The van der Waals surface area contributed by atoms with Gasteiger partial charge in [0.25, 0.3) is 0 Å². The number of sulfonamides is 1. The van der Waals surface area contributed by atoms with Crippen molar-refractivity contribution in [3.63, 3.8) is 0 Å². The lowest BCUT2D eigenvalue weighted by molar-refractivity contribution is -0.132. The summed E-state index contributed by atoms with van der Waals surface area (Å²) in [5.41, 5.74) is 1.52. The molecule has 0 bridgehead atoms. The molecule has 1 aromatic carbocycles. The lowest BCUT2D eigenvalue weighted by Crippen LogP contribution is -2.56. The molecule has 34 heavy (non-hydrogen) atoms. The molecule has 2 amide bonds. The Morgan fingerprint density at radius 1 is 1.15 bits per heavy atom. The molecule has 2 N–H and O–H groups in total. The Labute approximate surface area is 202 Å². The summed E-state index contributed by atoms with van der Waals surface area (Å²) in [4.78, 5) is 26.2. The van der Waals surface area contributed by atoms with Crippen molar-refractivity contribution < 1.29 is 18.0 Å². The van der Waals surface area contributed by atoms with Crippen LogP contribution < -0.4 is 10.6 Å². The Balaban J connectivity index is 1.70. The Hall–Kier alpha value is -2.72. The molecule has 1 fully saturated rings. The molecule has 3 rings (SSSR count). The number of carbonyl (C=O) groups is 2. The van der Waals surface area contributed by atoms with E-state index in [1.165, 1.54) is 4.31 Å². The fraction of sp³-hybridized carbons (Fsp3) is 0.542. The van der Waals surface area contributed by atoms with Gasteiger partial charge in [0.05, 0.1) is 18.0 Å². The fourth-order valence-corrected chi connectivity index (χ4v) is 5.99. The summed E-state index contributed by atoms with van der Waals surface area (Å²) in [6, 6.07) is 9.21. The van der Waals surface area contributed by atoms with E-state index < -0.39 is 28.0 Å². The topological polar surface area (TPSA) is 113 Å². The van der Waals surface area contributed by atoms with Crippen molar-refractivity contribution >= 4 is 21.8 Å². The standard InChI is InChI=1S/C24H35N5O4S/c1-18(2)15-21(23(30)25-16-20-12-13-26-28(20)3)27-24(31)22-11-7-8-14-29(22)34(32,33)17-19-9-5-4-6-10-19/h4-6,9-10,12-13,18,21-22H,7-8,11,14-17H2,1-3H3,(H,25,30)(H,27,31)/t21-,22-/m0/s1. The van der Waals surface area contributed by atoms with Crippen molar-refractivity contribution in [2.75, 3.05) is 6.54 Å². The monoisotopic (exact) mass is 489 g/mol. The summed E-state index contributed by atoms with van der Waals surface area (Å²) in [5, 5.41) is 9.81. The van der Waals surface area contributed by atoms with Crippen LogP contribution in [0.15, 0.2) is 42.6 Å². The molecule has 10 heteroatoms. The molecule has 0 aliphatic carbocycles. The number of hydrogen-bond donors (Lipinski definition) is 2. The molecule has 0 saturated carbocycles. The largest absolute Gasteiger partial charge is 0.349 e. The highest BCUT2D eigenvalue weighted by Gasteiger charge is 2.38. The lowest BCUT2D eigenvalue weighted by Gasteiger charge is -2.34. The Kier molecular flexibility index (Phi) is 8.84. The summed E-state index contributed by atoms with van der Waals surface area (Å²) < 4.78 is 29.4. The summed E-state index contributed by atoms with van der Waals surface area (Å²) in [5.74, 6) is -0.703. The van der Waals surface area contributed by atoms with Crippen LogP contribution in [0.5, 0.6) is 0 Å². The van der Waals surface area contributed by atoms with Gasteiger partial charge in [0.1, 0.15) is 12.1 Å². The van der Waals surface area contributed by atoms with E-state index in [9.17, 15) is 18.0 Å². The van der Waals surface area contributed by atoms with Gasteiger partial charge in [-0.3, -0.25) is 14.3 Å². The number of nitrogens with one attached hydrogen (secondary N) is 2. The first-order valence-electron chi connectivity index (χ1n) is 11.8. The van der Waals surface area contributed by atoms with Gasteiger partial charge in [-0.1, -0.05) is 50.6 Å². The normalized spacial score (nSPS) is 17.9. The van der Waals surface area contributed by atoms with Gasteiger partial charge < -0.3 is 10.6 Å². The summed E-state index contributed by atoms with van der Waals surface area (Å²) in [6.45, 7) is 4.55. The first-order chi connectivity index (χ1) is 16.2. The zero-order chi connectivity index (χ0) is 24.7. The Morgan fingerprint density at radius 2 is 1.88 bits per heavy atom. The van der Waals surface area contributed by atoms with E-state index in [4.69, 9.17) is 0 Å². The highest BCUT2D eigenvalue weighted by atomic mass is 32.2. The quantitative estimate of drug-likeness (QED) is 0.530. The van der Waals surface area contributed by atoms with Crippen molar-refractivity contribution in [3.05, 3.63) is 53.9 Å². The number of aryl methyl sites for hydroxylation is 1. The molecular formula is C24H35N5O4S. The third-order valence-corrected chi connectivity index (χ3v) is 7.86. The summed E-state index contributed by atoms with van der Waals surface area (Å²) >= 11 is 0. The first-order valence-corrected chi connectivity index (χ1v) is 13.4. The predicted octanol–water partition coefficient (Wildman–Crippen LogP) is 1.95. The number of benzene rings is 1. The van der Waals surface area contributed by atoms with Crippen LogP contribution in [0.4, 0.5) is 0 Å². The first kappa shape index (κ1) is 25.9. The third kappa shape index (κ3) is 6.89. The zero-order valence-corrected chi connectivity index (χ0v) is 20.9. The smallest absolute Gasteiger partial charge is 0.242 e. The van der Waals surface area contributed by atoms with Gasteiger partial charge in [-0.2, -0.15) is 9.40 Å². The summed E-state index contributed by atoms with van der Waals surface area (Å²) in [7, 11) is -1.90. The van der Waals surface area contributed by atoms with E-state index in [1.54, 1.807) is 42.2 Å². The molecule has 1 aromatic heterocycles. The molecule has 186 valence electrons. The van der Waals surface area contributed by atoms with E-state index in [1.807, 2.05) is 26.0 Å². The van der Waals surface area contributed by atoms with Crippen molar-refractivity contribution in [1.82, 2.24) is 24.7 Å². The van der Waals surface area contributed by atoms with Crippen LogP contribution in [0.25, 0.3) is 0 Å². The molecule has 1 aliphatic heterocycles. The zero-order valence-electron chi connectivity index (χ0n) is 20.1. The van der Waals surface area contributed by atoms with Crippen molar-refractivity contribution in [2.24, 2.45) is 13.0 Å². The molecule has 2 aromatic rings. The Morgan fingerprint density at radius 3 is 2.53 bits per heavy atom. The van der Waals surface area contributed by atoms with E-state index in [0.717, 1.165) is 12.1 Å². The second-order valence-corrected chi connectivity index (χ2v) is 11.1. The number of hydrogen-bond acceptors (Lipinski definition) is 5. The minimum Gasteiger partial charge on any atom is -0.349 e. The summed E-state index contributed by atoms with van der Waals surface area (Å²) in [6.07, 6.45) is 4.01. The second kappa shape index (κ2) is 11.6. The van der Waals surface area contributed by atoms with E-state index in [0.29, 0.717) is 37.9 Å². The number of nitrogens with zero attached hydrogens (tertiary/aromatic N) is 3. The van der Waals surface area contributed by atoms with E-state index in [-0.39, 0.29) is 17.6 Å². The predicted molar refractivity (Wildman–Crippen MR) is 130 cm³/mol. The lowest BCUT2D eigenvalue weighted by atomic mass is 10.0. The third-order valence-electron chi connectivity index (χ3n) is 6.01. The van der Waals surface area contributed by atoms with Crippen molar-refractivity contribution in [1.29, 1.82) is 0 Å². The minimum absolute atomic E-state index is 0.155. The molecule has 1 saturated heterocycles. The van der Waals surface area contributed by atoms with Gasteiger partial charge in [0, 0.05) is 19.8 Å². The molecule has 2 atom stereocenters. The second-order valence-electron chi connectivity index (χ2n) is 9.22. The van der Waals surface area contributed by atoms with Crippen LogP contribution in [0, 0.1) is 5.92 Å². The highest BCUT2D eigenvalue weighted by Crippen LogP contribution is 2.23. The molecule has 2 heterocycles. The number of piperidine rings is 1.